The summed E-state index contributed by atoms with van der Waals surface area (Å²) in [6, 6.07) is 11.3. The number of carbonyl (C=O) groups is 2. The fourth-order valence-corrected chi connectivity index (χ4v) is 4.90. The number of hydrogen-bond donors (Lipinski definition) is 0. The Morgan fingerprint density at radius 3 is 2.54 bits per heavy atom. The Morgan fingerprint density at radius 1 is 1.14 bits per heavy atom. The van der Waals surface area contributed by atoms with E-state index in [1.807, 2.05) is 54.2 Å². The Kier molecular flexibility index (Phi) is 7.22. The lowest BCUT2D eigenvalue weighted by atomic mass is 10.0. The summed E-state index contributed by atoms with van der Waals surface area (Å²) in [5, 5.41) is 7.00. The van der Waals surface area contributed by atoms with Crippen LogP contribution in [0.25, 0.3) is 0 Å². The van der Waals surface area contributed by atoms with E-state index in [1.54, 1.807) is 9.91 Å². The van der Waals surface area contributed by atoms with Crippen molar-refractivity contribution in [2.24, 2.45) is 18.1 Å². The van der Waals surface area contributed by atoms with Gasteiger partial charge in [-0.25, -0.2) is 5.01 Å². The van der Waals surface area contributed by atoms with Crippen molar-refractivity contribution in [1.29, 1.82) is 0 Å². The molecule has 2 amide bonds. The molecule has 186 valence electrons. The van der Waals surface area contributed by atoms with Gasteiger partial charge in [0.1, 0.15) is 6.54 Å². The largest absolute Gasteiger partial charge is 0.379 e. The fourth-order valence-electron chi connectivity index (χ4n) is 4.78. The highest BCUT2D eigenvalue weighted by molar-refractivity contribution is 6.30. The maximum atomic E-state index is 13.7. The van der Waals surface area contributed by atoms with Crippen molar-refractivity contribution in [2.75, 3.05) is 45.9 Å². The third-order valence-corrected chi connectivity index (χ3v) is 7.27. The van der Waals surface area contributed by atoms with Crippen molar-refractivity contribution in [1.82, 2.24) is 19.4 Å². The van der Waals surface area contributed by atoms with Crippen molar-refractivity contribution < 1.29 is 14.3 Å². The summed E-state index contributed by atoms with van der Waals surface area (Å²) in [4.78, 5) is 30.8. The molecule has 3 heterocycles. The molecule has 35 heavy (non-hydrogen) atoms. The second-order valence-electron chi connectivity index (χ2n) is 9.55. The van der Waals surface area contributed by atoms with Crippen LogP contribution in [0.3, 0.4) is 0 Å². The molecule has 0 spiro atoms. The lowest BCUT2D eigenvalue weighted by molar-refractivity contribution is -0.142. The van der Waals surface area contributed by atoms with Crippen molar-refractivity contribution in [3.63, 3.8) is 0 Å². The third-order valence-electron chi connectivity index (χ3n) is 7.01. The zero-order chi connectivity index (χ0) is 24.4. The Bertz CT molecular complexity index is 1090. The number of hydrogen-bond acceptors (Lipinski definition) is 5. The quantitative estimate of drug-likeness (QED) is 0.562. The normalized spacial score (nSPS) is 20.7. The number of benzene rings is 1. The molecule has 0 bridgehead atoms. The Hall–Kier alpha value is -2.68. The van der Waals surface area contributed by atoms with E-state index in [1.165, 1.54) is 0 Å². The molecule has 1 aromatic carbocycles. The molecule has 9 heteroatoms. The summed E-state index contributed by atoms with van der Waals surface area (Å²) in [6.45, 7) is 4.45. The first kappa shape index (κ1) is 24.0. The molecule has 0 N–H and O–H groups in total. The maximum absolute atomic E-state index is 13.7. The van der Waals surface area contributed by atoms with E-state index in [-0.39, 0.29) is 30.3 Å². The molecule has 1 aliphatic carbocycles. The molecule has 1 aromatic heterocycles. The highest BCUT2D eigenvalue weighted by Crippen LogP contribution is 2.34. The second-order valence-corrected chi connectivity index (χ2v) is 9.99. The minimum absolute atomic E-state index is 0.0354. The third kappa shape index (κ3) is 5.60. The molecule has 1 saturated carbocycles. The van der Waals surface area contributed by atoms with Crippen molar-refractivity contribution in [3.8, 4) is 0 Å². The summed E-state index contributed by atoms with van der Waals surface area (Å²) in [7, 11) is 1.97. The molecule has 0 radical (unpaired) electrons. The first-order chi connectivity index (χ1) is 17.0. The van der Waals surface area contributed by atoms with Crippen LogP contribution in [-0.2, 0) is 21.4 Å². The number of hydrazone groups is 1. The van der Waals surface area contributed by atoms with E-state index in [4.69, 9.17) is 21.4 Å². The molecule has 0 unspecified atom stereocenters. The Balaban J connectivity index is 1.35. The average molecular weight is 498 g/mol. The van der Waals surface area contributed by atoms with Gasteiger partial charge in [0, 0.05) is 56.8 Å². The molecule has 2 aliphatic heterocycles. The zero-order valence-electron chi connectivity index (χ0n) is 20.1. The van der Waals surface area contributed by atoms with E-state index in [2.05, 4.69) is 4.90 Å². The van der Waals surface area contributed by atoms with Crippen molar-refractivity contribution in [2.45, 2.75) is 25.3 Å². The second kappa shape index (κ2) is 10.5. The molecular weight excluding hydrogens is 466 g/mol. The number of nitrogens with zero attached hydrogens (tertiary/aromatic N) is 5. The topological polar surface area (TPSA) is 70.4 Å². The summed E-state index contributed by atoms with van der Waals surface area (Å²) in [5.74, 6) is -0.0221. The van der Waals surface area contributed by atoms with Crippen molar-refractivity contribution in [3.05, 3.63) is 58.9 Å². The van der Waals surface area contributed by atoms with E-state index in [0.717, 1.165) is 49.4 Å². The van der Waals surface area contributed by atoms with Gasteiger partial charge in [0.15, 0.2) is 0 Å². The van der Waals surface area contributed by atoms with E-state index >= 15 is 0 Å². The Morgan fingerprint density at radius 2 is 1.89 bits per heavy atom. The van der Waals surface area contributed by atoms with Gasteiger partial charge < -0.3 is 14.2 Å². The summed E-state index contributed by atoms with van der Waals surface area (Å²) < 4.78 is 7.45. The monoisotopic (exact) mass is 497 g/mol. The molecule has 1 saturated heterocycles. The van der Waals surface area contributed by atoms with Crippen LogP contribution in [0.1, 0.15) is 36.6 Å². The van der Waals surface area contributed by atoms with Crippen LogP contribution < -0.4 is 0 Å². The molecule has 2 fully saturated rings. The number of rotatable bonds is 8. The minimum Gasteiger partial charge on any atom is -0.379 e. The van der Waals surface area contributed by atoms with Gasteiger partial charge in [-0.05, 0) is 42.7 Å². The van der Waals surface area contributed by atoms with Gasteiger partial charge in [0.2, 0.25) is 5.91 Å². The van der Waals surface area contributed by atoms with Crippen LogP contribution in [-0.4, -0.2) is 82.8 Å². The molecular formula is C26H32ClN5O3. The predicted octanol–water partition coefficient (Wildman–Crippen LogP) is 2.93. The van der Waals surface area contributed by atoms with Crippen LogP contribution in [0.15, 0.2) is 47.7 Å². The van der Waals surface area contributed by atoms with Crippen molar-refractivity contribution >= 4 is 29.1 Å². The standard InChI is InChI=1S/C26H32ClN5O3/c1-29-10-2-3-23(29)22-17-24(19-6-8-21(27)9-7-19)32(28-22)25(33)18-31(26(34)20-4-5-20)12-11-30-13-15-35-16-14-30/h2-3,6-10,20,24H,4-5,11-18H2,1H3/t24-/m1/s1. The Labute approximate surface area is 211 Å². The van der Waals surface area contributed by atoms with Crippen LogP contribution in [0.5, 0.6) is 0 Å². The minimum atomic E-state index is -0.234. The number of halogens is 1. The molecule has 3 aliphatic rings. The molecule has 1 atom stereocenters. The lowest BCUT2D eigenvalue weighted by Gasteiger charge is -2.31. The first-order valence-corrected chi connectivity index (χ1v) is 12.7. The number of aromatic nitrogens is 1. The van der Waals surface area contributed by atoms with Crippen LogP contribution in [0.4, 0.5) is 0 Å². The van der Waals surface area contributed by atoms with Gasteiger partial charge in [0.05, 0.1) is 30.7 Å². The smallest absolute Gasteiger partial charge is 0.262 e. The zero-order valence-corrected chi connectivity index (χ0v) is 20.9. The van der Waals surface area contributed by atoms with E-state index in [9.17, 15) is 9.59 Å². The predicted molar refractivity (Wildman–Crippen MR) is 134 cm³/mol. The number of aryl methyl sites for hydroxylation is 1. The average Bonchev–Trinajstić information content (AvgIpc) is 3.49. The maximum Gasteiger partial charge on any atom is 0.262 e. The highest BCUT2D eigenvalue weighted by atomic mass is 35.5. The number of morpholine rings is 1. The van der Waals surface area contributed by atoms with Gasteiger partial charge in [-0.1, -0.05) is 23.7 Å². The van der Waals surface area contributed by atoms with Crippen LogP contribution >= 0.6 is 11.6 Å². The van der Waals surface area contributed by atoms with Gasteiger partial charge in [-0.2, -0.15) is 5.10 Å². The van der Waals surface area contributed by atoms with Gasteiger partial charge in [0.25, 0.3) is 5.91 Å². The number of amides is 2. The summed E-state index contributed by atoms with van der Waals surface area (Å²) in [6.07, 6.45) is 4.40. The van der Waals surface area contributed by atoms with Crippen LogP contribution in [0.2, 0.25) is 5.02 Å². The highest BCUT2D eigenvalue weighted by Gasteiger charge is 2.38. The van der Waals surface area contributed by atoms with E-state index < -0.39 is 0 Å². The van der Waals surface area contributed by atoms with Crippen LogP contribution in [0, 0.1) is 5.92 Å². The summed E-state index contributed by atoms with van der Waals surface area (Å²) in [5.41, 5.74) is 2.82. The summed E-state index contributed by atoms with van der Waals surface area (Å²) >= 11 is 6.12. The lowest BCUT2D eigenvalue weighted by Crippen LogP contribution is -2.47. The van der Waals surface area contributed by atoms with E-state index in [0.29, 0.717) is 31.2 Å². The van der Waals surface area contributed by atoms with Gasteiger partial charge >= 0.3 is 0 Å². The molecule has 2 aromatic rings. The number of carbonyl (C=O) groups excluding carboxylic acids is 2. The molecule has 5 rings (SSSR count). The van der Waals surface area contributed by atoms with Gasteiger partial charge in [-0.3, -0.25) is 14.5 Å². The number of ether oxygens (including phenoxy) is 1. The SMILES string of the molecule is Cn1cccc1C1=NN(C(=O)CN(CCN2CCOCC2)C(=O)C2CC2)[C@@H](c2ccc(Cl)cc2)C1. The first-order valence-electron chi connectivity index (χ1n) is 12.3. The fraction of sp³-hybridized carbons (Fsp3) is 0.500. The van der Waals surface area contributed by atoms with Gasteiger partial charge in [-0.15, -0.1) is 0 Å². The molecule has 8 nitrogen and oxygen atoms in total.